The van der Waals surface area contributed by atoms with Gasteiger partial charge < -0.3 is 5.73 Å². The van der Waals surface area contributed by atoms with Crippen molar-refractivity contribution in [3.63, 3.8) is 0 Å². The molecule has 1 unspecified atom stereocenters. The molecule has 1 saturated carbocycles. The van der Waals surface area contributed by atoms with E-state index in [1.165, 1.54) is 12.8 Å². The maximum Gasteiger partial charge on any atom is 0.161 e. The van der Waals surface area contributed by atoms with E-state index in [2.05, 4.69) is 14.6 Å². The fraction of sp³-hybridized carbons (Fsp3) is 0.455. The van der Waals surface area contributed by atoms with Crippen molar-refractivity contribution < 1.29 is 0 Å². The Morgan fingerprint density at radius 2 is 2.20 bits per heavy atom. The Hall–Kier alpha value is -1.42. The molecule has 1 atom stereocenters. The maximum atomic E-state index is 5.95. The molecule has 15 heavy (non-hydrogen) atoms. The standard InChI is InChI=1S/C11H14N4/c1-7(12)9-3-2-4-10-13-14-11(15(9)10)8-5-6-8/h2-4,7-8H,5-6,12H2,1H3. The van der Waals surface area contributed by atoms with Crippen molar-refractivity contribution in [2.45, 2.75) is 31.7 Å². The van der Waals surface area contributed by atoms with Crippen LogP contribution in [0.3, 0.4) is 0 Å². The molecular formula is C11H14N4. The summed E-state index contributed by atoms with van der Waals surface area (Å²) in [5, 5.41) is 8.44. The van der Waals surface area contributed by atoms with Gasteiger partial charge in [0.05, 0.1) is 0 Å². The van der Waals surface area contributed by atoms with Crippen molar-refractivity contribution in [1.82, 2.24) is 14.6 Å². The zero-order chi connectivity index (χ0) is 10.4. The molecule has 2 N–H and O–H groups in total. The first-order valence-electron chi connectivity index (χ1n) is 5.37. The van der Waals surface area contributed by atoms with E-state index in [4.69, 9.17) is 5.73 Å². The largest absolute Gasteiger partial charge is 0.323 e. The Bertz CT molecular complexity index is 496. The van der Waals surface area contributed by atoms with Gasteiger partial charge in [0.15, 0.2) is 5.65 Å². The van der Waals surface area contributed by atoms with Crippen molar-refractivity contribution in [2.75, 3.05) is 0 Å². The molecule has 0 bridgehead atoms. The van der Waals surface area contributed by atoms with E-state index in [9.17, 15) is 0 Å². The number of hydrogen-bond acceptors (Lipinski definition) is 3. The third kappa shape index (κ3) is 1.33. The molecule has 4 nitrogen and oxygen atoms in total. The Balaban J connectivity index is 2.28. The molecule has 2 aromatic rings. The summed E-state index contributed by atoms with van der Waals surface area (Å²) < 4.78 is 2.11. The van der Waals surface area contributed by atoms with E-state index in [0.717, 1.165) is 17.2 Å². The Labute approximate surface area is 88.1 Å². The molecule has 78 valence electrons. The highest BCUT2D eigenvalue weighted by molar-refractivity contribution is 5.41. The summed E-state index contributed by atoms with van der Waals surface area (Å²) in [4.78, 5) is 0. The number of nitrogens with zero attached hydrogens (tertiary/aromatic N) is 3. The molecule has 1 aliphatic rings. The van der Waals surface area contributed by atoms with E-state index in [-0.39, 0.29) is 6.04 Å². The highest BCUT2D eigenvalue weighted by Gasteiger charge is 2.29. The van der Waals surface area contributed by atoms with Crippen molar-refractivity contribution >= 4 is 5.65 Å². The minimum Gasteiger partial charge on any atom is -0.323 e. The van der Waals surface area contributed by atoms with Gasteiger partial charge in [-0.2, -0.15) is 0 Å². The minimum atomic E-state index is 0.0159. The van der Waals surface area contributed by atoms with Crippen LogP contribution in [0.15, 0.2) is 18.2 Å². The molecule has 2 heterocycles. The second kappa shape index (κ2) is 3.03. The van der Waals surface area contributed by atoms with Crippen LogP contribution in [0.2, 0.25) is 0 Å². The van der Waals surface area contributed by atoms with Gasteiger partial charge in [-0.25, -0.2) is 0 Å². The van der Waals surface area contributed by atoms with Crippen LogP contribution in [0, 0.1) is 0 Å². The fourth-order valence-corrected chi connectivity index (χ4v) is 1.95. The molecule has 1 aliphatic carbocycles. The second-order valence-electron chi connectivity index (χ2n) is 4.27. The predicted molar refractivity (Wildman–Crippen MR) is 57.6 cm³/mol. The highest BCUT2D eigenvalue weighted by atomic mass is 15.3. The normalized spacial score (nSPS) is 18.3. The van der Waals surface area contributed by atoms with Crippen LogP contribution in [0.1, 0.15) is 43.2 Å². The van der Waals surface area contributed by atoms with Gasteiger partial charge >= 0.3 is 0 Å². The summed E-state index contributed by atoms with van der Waals surface area (Å²) in [7, 11) is 0. The molecule has 0 saturated heterocycles. The number of aromatic nitrogens is 3. The summed E-state index contributed by atoms with van der Waals surface area (Å²) in [5.41, 5.74) is 7.96. The van der Waals surface area contributed by atoms with Gasteiger partial charge in [0, 0.05) is 17.7 Å². The average molecular weight is 202 g/mol. The molecular weight excluding hydrogens is 188 g/mol. The topological polar surface area (TPSA) is 56.2 Å². The lowest BCUT2D eigenvalue weighted by Crippen LogP contribution is -2.11. The number of fused-ring (bicyclic) bond motifs is 1. The van der Waals surface area contributed by atoms with Gasteiger partial charge in [-0.15, -0.1) is 10.2 Å². The molecule has 0 radical (unpaired) electrons. The van der Waals surface area contributed by atoms with Crippen LogP contribution < -0.4 is 5.73 Å². The first kappa shape index (κ1) is 8.85. The van der Waals surface area contributed by atoms with Crippen LogP contribution in [-0.2, 0) is 0 Å². The number of hydrogen-bond donors (Lipinski definition) is 1. The van der Waals surface area contributed by atoms with Crippen LogP contribution in [-0.4, -0.2) is 14.6 Å². The van der Waals surface area contributed by atoms with Gasteiger partial charge in [-0.1, -0.05) is 6.07 Å². The monoisotopic (exact) mass is 202 g/mol. The van der Waals surface area contributed by atoms with Crippen molar-refractivity contribution in [3.05, 3.63) is 29.7 Å². The lowest BCUT2D eigenvalue weighted by Gasteiger charge is -2.09. The summed E-state index contributed by atoms with van der Waals surface area (Å²) in [6.45, 7) is 1.99. The van der Waals surface area contributed by atoms with E-state index in [1.807, 2.05) is 25.1 Å². The molecule has 0 aliphatic heterocycles. The van der Waals surface area contributed by atoms with Gasteiger partial charge in [0.25, 0.3) is 0 Å². The maximum absolute atomic E-state index is 5.95. The fourth-order valence-electron chi connectivity index (χ4n) is 1.95. The first-order valence-corrected chi connectivity index (χ1v) is 5.37. The zero-order valence-electron chi connectivity index (χ0n) is 8.72. The van der Waals surface area contributed by atoms with Crippen molar-refractivity contribution in [1.29, 1.82) is 0 Å². The molecule has 2 aromatic heterocycles. The molecule has 0 aromatic carbocycles. The number of pyridine rings is 1. The van der Waals surface area contributed by atoms with Crippen LogP contribution in [0.5, 0.6) is 0 Å². The smallest absolute Gasteiger partial charge is 0.161 e. The van der Waals surface area contributed by atoms with Gasteiger partial charge in [-0.3, -0.25) is 4.40 Å². The summed E-state index contributed by atoms with van der Waals surface area (Å²) in [5.74, 6) is 1.68. The summed E-state index contributed by atoms with van der Waals surface area (Å²) in [6, 6.07) is 6.03. The lowest BCUT2D eigenvalue weighted by molar-refractivity contribution is 0.741. The van der Waals surface area contributed by atoms with Gasteiger partial charge in [0.2, 0.25) is 0 Å². The van der Waals surface area contributed by atoms with E-state index in [0.29, 0.717) is 5.92 Å². The first-order chi connectivity index (χ1) is 7.27. The Morgan fingerprint density at radius 3 is 2.87 bits per heavy atom. The van der Waals surface area contributed by atoms with E-state index < -0.39 is 0 Å². The summed E-state index contributed by atoms with van der Waals surface area (Å²) >= 11 is 0. The SMILES string of the molecule is CC(N)c1cccc2nnc(C3CC3)n12. The third-order valence-corrected chi connectivity index (χ3v) is 2.89. The van der Waals surface area contributed by atoms with Crippen LogP contribution >= 0.6 is 0 Å². The van der Waals surface area contributed by atoms with E-state index >= 15 is 0 Å². The van der Waals surface area contributed by atoms with Crippen molar-refractivity contribution in [3.8, 4) is 0 Å². The Morgan fingerprint density at radius 1 is 1.40 bits per heavy atom. The third-order valence-electron chi connectivity index (χ3n) is 2.89. The lowest BCUT2D eigenvalue weighted by atomic mass is 10.2. The number of rotatable bonds is 2. The van der Waals surface area contributed by atoms with Crippen LogP contribution in [0.25, 0.3) is 5.65 Å². The molecule has 1 fully saturated rings. The zero-order valence-corrected chi connectivity index (χ0v) is 8.72. The second-order valence-corrected chi connectivity index (χ2v) is 4.27. The molecule has 0 amide bonds. The average Bonchev–Trinajstić information content (AvgIpc) is 2.97. The van der Waals surface area contributed by atoms with E-state index in [1.54, 1.807) is 0 Å². The number of nitrogens with two attached hydrogens (primary N) is 1. The van der Waals surface area contributed by atoms with Crippen LogP contribution in [0.4, 0.5) is 0 Å². The molecule has 3 rings (SSSR count). The molecule has 4 heteroatoms. The van der Waals surface area contributed by atoms with Gasteiger partial charge in [-0.05, 0) is 31.9 Å². The van der Waals surface area contributed by atoms with Crippen molar-refractivity contribution in [2.24, 2.45) is 5.73 Å². The minimum absolute atomic E-state index is 0.0159. The van der Waals surface area contributed by atoms with Gasteiger partial charge in [0.1, 0.15) is 5.82 Å². The summed E-state index contributed by atoms with van der Waals surface area (Å²) in [6.07, 6.45) is 2.46. The molecule has 0 spiro atoms. The Kier molecular flexibility index (Phi) is 1.79. The quantitative estimate of drug-likeness (QED) is 0.805. The highest BCUT2D eigenvalue weighted by Crippen LogP contribution is 2.39. The predicted octanol–water partition coefficient (Wildman–Crippen LogP) is 1.63.